The highest BCUT2D eigenvalue weighted by Crippen LogP contribution is 2.07. The molecule has 2 N–H and O–H groups in total. The normalized spacial score (nSPS) is 11.7. The maximum Gasteiger partial charge on any atom is 0.246 e. The molecule has 6 heteroatoms. The number of nitrogens with one attached hydrogen (secondary N) is 2. The molecule has 6 nitrogen and oxygen atoms in total. The SMILES string of the molecule is CCCCCCCCCCNC(=NC)NCc1nc(C)no1. The lowest BCUT2D eigenvalue weighted by Gasteiger charge is -2.10. The molecule has 0 atom stereocenters. The lowest BCUT2D eigenvalue weighted by Crippen LogP contribution is -2.37. The molecule has 22 heavy (non-hydrogen) atoms. The third-order valence-corrected chi connectivity index (χ3v) is 3.52. The summed E-state index contributed by atoms with van der Waals surface area (Å²) in [7, 11) is 1.77. The van der Waals surface area contributed by atoms with Crippen LogP contribution in [0.1, 0.15) is 70.0 Å². The lowest BCUT2D eigenvalue weighted by atomic mass is 10.1. The summed E-state index contributed by atoms with van der Waals surface area (Å²) >= 11 is 0. The molecule has 0 aliphatic heterocycles. The number of guanidine groups is 1. The first kappa shape index (κ1) is 18.5. The van der Waals surface area contributed by atoms with Crippen molar-refractivity contribution < 1.29 is 4.52 Å². The van der Waals surface area contributed by atoms with Gasteiger partial charge in [-0.05, 0) is 13.3 Å². The third kappa shape index (κ3) is 8.64. The van der Waals surface area contributed by atoms with E-state index in [9.17, 15) is 0 Å². The van der Waals surface area contributed by atoms with Crippen LogP contribution >= 0.6 is 0 Å². The molecular weight excluding hydrogens is 278 g/mol. The molecular formula is C16H31N5O. The monoisotopic (exact) mass is 309 g/mol. The van der Waals surface area contributed by atoms with Crippen molar-refractivity contribution in [1.29, 1.82) is 0 Å². The van der Waals surface area contributed by atoms with Gasteiger partial charge in [0.25, 0.3) is 0 Å². The fraction of sp³-hybridized carbons (Fsp3) is 0.812. The van der Waals surface area contributed by atoms with E-state index < -0.39 is 0 Å². The van der Waals surface area contributed by atoms with Crippen molar-refractivity contribution >= 4 is 5.96 Å². The fourth-order valence-corrected chi connectivity index (χ4v) is 2.26. The second kappa shape index (κ2) is 12.0. The minimum atomic E-state index is 0.498. The van der Waals surface area contributed by atoms with Crippen LogP contribution in [0.3, 0.4) is 0 Å². The summed E-state index contributed by atoms with van der Waals surface area (Å²) in [6, 6.07) is 0. The van der Waals surface area contributed by atoms with Gasteiger partial charge in [0.15, 0.2) is 11.8 Å². The summed E-state index contributed by atoms with van der Waals surface area (Å²) < 4.78 is 5.05. The second-order valence-corrected chi connectivity index (χ2v) is 5.56. The van der Waals surface area contributed by atoms with Gasteiger partial charge in [0.1, 0.15) is 0 Å². The number of aryl methyl sites for hydroxylation is 1. The van der Waals surface area contributed by atoms with E-state index in [4.69, 9.17) is 4.52 Å². The van der Waals surface area contributed by atoms with E-state index in [1.165, 1.54) is 51.4 Å². The van der Waals surface area contributed by atoms with Gasteiger partial charge in [-0.2, -0.15) is 4.98 Å². The molecule has 1 heterocycles. The topological polar surface area (TPSA) is 75.3 Å². The Morgan fingerprint density at radius 2 is 1.73 bits per heavy atom. The Morgan fingerprint density at radius 3 is 2.32 bits per heavy atom. The molecule has 1 aromatic heterocycles. The zero-order valence-corrected chi connectivity index (χ0v) is 14.3. The van der Waals surface area contributed by atoms with Crippen molar-refractivity contribution in [3.8, 4) is 0 Å². The Morgan fingerprint density at radius 1 is 1.05 bits per heavy atom. The summed E-state index contributed by atoms with van der Waals surface area (Å²) in [6.07, 6.45) is 10.6. The molecule has 126 valence electrons. The van der Waals surface area contributed by atoms with Gasteiger partial charge in [-0.25, -0.2) is 0 Å². The molecule has 0 spiro atoms. The maximum atomic E-state index is 5.05. The molecule has 0 unspecified atom stereocenters. The second-order valence-electron chi connectivity index (χ2n) is 5.56. The van der Waals surface area contributed by atoms with Crippen LogP contribution in [-0.2, 0) is 6.54 Å². The number of rotatable bonds is 11. The molecule has 0 bridgehead atoms. The smallest absolute Gasteiger partial charge is 0.246 e. The average molecular weight is 309 g/mol. The van der Waals surface area contributed by atoms with Gasteiger partial charge in [-0.3, -0.25) is 4.99 Å². The van der Waals surface area contributed by atoms with E-state index in [1.807, 2.05) is 6.92 Å². The molecule has 0 aromatic carbocycles. The summed E-state index contributed by atoms with van der Waals surface area (Å²) in [5.74, 6) is 2.00. The highest BCUT2D eigenvalue weighted by molar-refractivity contribution is 5.79. The minimum absolute atomic E-state index is 0.498. The predicted octanol–water partition coefficient (Wildman–Crippen LogP) is 3.18. The van der Waals surface area contributed by atoms with Crippen molar-refractivity contribution in [2.24, 2.45) is 4.99 Å². The Labute approximate surface area is 134 Å². The number of aromatic nitrogens is 2. The highest BCUT2D eigenvalue weighted by Gasteiger charge is 2.03. The standard InChI is InChI=1S/C16H31N5O/c1-4-5-6-7-8-9-10-11-12-18-16(17-3)19-13-15-20-14(2)21-22-15/h4-13H2,1-3H3,(H2,17,18,19). The zero-order valence-electron chi connectivity index (χ0n) is 14.3. The summed E-state index contributed by atoms with van der Waals surface area (Å²) in [5.41, 5.74) is 0. The molecule has 0 radical (unpaired) electrons. The van der Waals surface area contributed by atoms with E-state index in [0.717, 1.165) is 12.5 Å². The van der Waals surface area contributed by atoms with Gasteiger partial charge in [0.05, 0.1) is 6.54 Å². The van der Waals surface area contributed by atoms with Gasteiger partial charge in [0.2, 0.25) is 5.89 Å². The molecule has 1 aromatic rings. The minimum Gasteiger partial charge on any atom is -0.356 e. The first-order valence-electron chi connectivity index (χ1n) is 8.50. The quantitative estimate of drug-likeness (QED) is 0.373. The van der Waals surface area contributed by atoms with Crippen LogP contribution in [0.5, 0.6) is 0 Å². The number of hydrogen-bond acceptors (Lipinski definition) is 4. The Balaban J connectivity index is 2.00. The Bertz CT molecular complexity index is 416. The molecule has 1 rings (SSSR count). The fourth-order valence-electron chi connectivity index (χ4n) is 2.26. The van der Waals surface area contributed by atoms with Crippen molar-refractivity contribution in [1.82, 2.24) is 20.8 Å². The predicted molar refractivity (Wildman–Crippen MR) is 89.8 cm³/mol. The zero-order chi connectivity index (χ0) is 16.0. The molecule has 0 saturated heterocycles. The Hall–Kier alpha value is -1.59. The molecule has 0 saturated carbocycles. The maximum absolute atomic E-state index is 5.05. The average Bonchev–Trinajstić information content (AvgIpc) is 2.94. The van der Waals surface area contributed by atoms with Crippen LogP contribution in [0.4, 0.5) is 0 Å². The van der Waals surface area contributed by atoms with Crippen LogP contribution < -0.4 is 10.6 Å². The number of aliphatic imine (C=N–C) groups is 1. The van der Waals surface area contributed by atoms with Crippen LogP contribution in [0.25, 0.3) is 0 Å². The van der Waals surface area contributed by atoms with Gasteiger partial charge in [-0.15, -0.1) is 0 Å². The van der Waals surface area contributed by atoms with Gasteiger partial charge < -0.3 is 15.2 Å². The first-order valence-corrected chi connectivity index (χ1v) is 8.50. The highest BCUT2D eigenvalue weighted by atomic mass is 16.5. The number of nitrogens with zero attached hydrogens (tertiary/aromatic N) is 3. The Kier molecular flexibility index (Phi) is 10.1. The van der Waals surface area contributed by atoms with E-state index >= 15 is 0 Å². The third-order valence-electron chi connectivity index (χ3n) is 3.52. The number of hydrogen-bond donors (Lipinski definition) is 2. The van der Waals surface area contributed by atoms with E-state index in [1.54, 1.807) is 7.05 Å². The van der Waals surface area contributed by atoms with Crippen LogP contribution in [0.15, 0.2) is 9.52 Å². The van der Waals surface area contributed by atoms with Crippen LogP contribution in [0, 0.1) is 6.92 Å². The van der Waals surface area contributed by atoms with Crippen molar-refractivity contribution in [2.75, 3.05) is 13.6 Å². The van der Waals surface area contributed by atoms with E-state index in [-0.39, 0.29) is 0 Å². The molecule has 0 amide bonds. The van der Waals surface area contributed by atoms with Crippen molar-refractivity contribution in [2.45, 2.75) is 71.8 Å². The van der Waals surface area contributed by atoms with E-state index in [0.29, 0.717) is 18.3 Å². The summed E-state index contributed by atoms with van der Waals surface area (Å²) in [5, 5.41) is 10.2. The molecule has 0 aliphatic rings. The lowest BCUT2D eigenvalue weighted by molar-refractivity contribution is 0.371. The first-order chi connectivity index (χ1) is 10.8. The van der Waals surface area contributed by atoms with Gasteiger partial charge >= 0.3 is 0 Å². The molecule has 0 aliphatic carbocycles. The van der Waals surface area contributed by atoms with Crippen LogP contribution in [0.2, 0.25) is 0 Å². The van der Waals surface area contributed by atoms with Gasteiger partial charge in [0, 0.05) is 13.6 Å². The van der Waals surface area contributed by atoms with E-state index in [2.05, 4.69) is 32.7 Å². The molecule has 0 fully saturated rings. The largest absolute Gasteiger partial charge is 0.356 e. The van der Waals surface area contributed by atoms with Crippen molar-refractivity contribution in [3.63, 3.8) is 0 Å². The van der Waals surface area contributed by atoms with Crippen molar-refractivity contribution in [3.05, 3.63) is 11.7 Å². The summed E-state index contributed by atoms with van der Waals surface area (Å²) in [4.78, 5) is 8.33. The number of unbranched alkanes of at least 4 members (excludes halogenated alkanes) is 7. The summed E-state index contributed by atoms with van der Waals surface area (Å²) in [6.45, 7) is 5.50. The van der Waals surface area contributed by atoms with Gasteiger partial charge in [-0.1, -0.05) is 57.0 Å². The van der Waals surface area contributed by atoms with Crippen LogP contribution in [-0.4, -0.2) is 29.7 Å².